The van der Waals surface area contributed by atoms with Crippen LogP contribution in [0.3, 0.4) is 0 Å². The Morgan fingerprint density at radius 3 is 2.47 bits per heavy atom. The molecule has 0 amide bonds. The molecule has 1 N–H and O–H groups in total. The van der Waals surface area contributed by atoms with Gasteiger partial charge < -0.3 is 9.84 Å². The molecule has 2 nitrogen and oxygen atoms in total. The van der Waals surface area contributed by atoms with Gasteiger partial charge in [-0.25, -0.2) is 0 Å². The predicted molar refractivity (Wildman–Crippen MR) is 70.7 cm³/mol. The van der Waals surface area contributed by atoms with Crippen molar-refractivity contribution in [1.29, 1.82) is 0 Å². The summed E-state index contributed by atoms with van der Waals surface area (Å²) in [5.41, 5.74) is 1.23. The molecule has 0 bridgehead atoms. The van der Waals surface area contributed by atoms with Crippen molar-refractivity contribution in [3.05, 3.63) is 35.9 Å². The highest BCUT2D eigenvalue weighted by molar-refractivity contribution is 5.13. The van der Waals surface area contributed by atoms with Gasteiger partial charge >= 0.3 is 0 Å². The van der Waals surface area contributed by atoms with E-state index in [0.717, 1.165) is 19.4 Å². The van der Waals surface area contributed by atoms with Gasteiger partial charge in [0.2, 0.25) is 0 Å². The van der Waals surface area contributed by atoms with Crippen LogP contribution in [0.4, 0.5) is 0 Å². The summed E-state index contributed by atoms with van der Waals surface area (Å²) >= 11 is 0. The van der Waals surface area contributed by atoms with E-state index in [1.807, 2.05) is 18.2 Å². The minimum atomic E-state index is 0.287. The van der Waals surface area contributed by atoms with Crippen LogP contribution < -0.4 is 0 Å². The number of hydrogen-bond donors (Lipinski definition) is 1. The van der Waals surface area contributed by atoms with Gasteiger partial charge in [0, 0.05) is 13.2 Å². The molecule has 0 heterocycles. The number of ether oxygens (including phenoxy) is 1. The largest absolute Gasteiger partial charge is 0.396 e. The zero-order chi connectivity index (χ0) is 12.5. The Morgan fingerprint density at radius 1 is 1.12 bits per heavy atom. The summed E-state index contributed by atoms with van der Waals surface area (Å²) in [6.45, 7) is 6.09. The second-order valence-electron chi connectivity index (χ2n) is 4.96. The van der Waals surface area contributed by atoms with Crippen LogP contribution in [-0.4, -0.2) is 18.3 Å². The lowest BCUT2D eigenvalue weighted by molar-refractivity contribution is 0.104. The molecule has 1 aromatic carbocycles. The van der Waals surface area contributed by atoms with E-state index in [2.05, 4.69) is 26.0 Å². The summed E-state index contributed by atoms with van der Waals surface area (Å²) < 4.78 is 5.64. The lowest BCUT2D eigenvalue weighted by atomic mass is 9.96. The van der Waals surface area contributed by atoms with Crippen molar-refractivity contribution in [1.82, 2.24) is 0 Å². The molecular formula is C15H24O2. The first-order valence-corrected chi connectivity index (χ1v) is 6.45. The third kappa shape index (κ3) is 6.44. The molecule has 0 saturated heterocycles. The van der Waals surface area contributed by atoms with E-state index in [1.54, 1.807) is 0 Å². The second-order valence-corrected chi connectivity index (χ2v) is 4.96. The summed E-state index contributed by atoms with van der Waals surface area (Å²) in [5.74, 6) is 1.02. The Morgan fingerprint density at radius 2 is 1.82 bits per heavy atom. The highest BCUT2D eigenvalue weighted by Gasteiger charge is 2.07. The number of aliphatic hydroxyl groups is 1. The van der Waals surface area contributed by atoms with E-state index in [-0.39, 0.29) is 6.61 Å². The van der Waals surface area contributed by atoms with Crippen LogP contribution in [0.5, 0.6) is 0 Å². The number of benzene rings is 1. The van der Waals surface area contributed by atoms with E-state index < -0.39 is 0 Å². The van der Waals surface area contributed by atoms with Crippen LogP contribution in [0.1, 0.15) is 32.3 Å². The number of rotatable bonds is 8. The Bertz CT molecular complexity index is 284. The molecule has 0 aliphatic carbocycles. The quantitative estimate of drug-likeness (QED) is 0.702. The molecule has 2 atom stereocenters. The fourth-order valence-electron chi connectivity index (χ4n) is 1.93. The van der Waals surface area contributed by atoms with E-state index >= 15 is 0 Å². The molecule has 2 heteroatoms. The predicted octanol–water partition coefficient (Wildman–Crippen LogP) is 3.25. The average molecular weight is 236 g/mol. The summed E-state index contributed by atoms with van der Waals surface area (Å²) in [7, 11) is 0. The van der Waals surface area contributed by atoms with Gasteiger partial charge in [-0.1, -0.05) is 44.2 Å². The summed E-state index contributed by atoms with van der Waals surface area (Å²) in [6, 6.07) is 10.2. The molecular weight excluding hydrogens is 212 g/mol. The lowest BCUT2D eigenvalue weighted by Crippen LogP contribution is -2.09. The maximum atomic E-state index is 8.97. The van der Waals surface area contributed by atoms with Crippen LogP contribution in [0, 0.1) is 11.8 Å². The molecule has 0 saturated carbocycles. The summed E-state index contributed by atoms with van der Waals surface area (Å²) in [4.78, 5) is 0. The van der Waals surface area contributed by atoms with Crippen molar-refractivity contribution in [3.63, 3.8) is 0 Å². The molecule has 96 valence electrons. The van der Waals surface area contributed by atoms with Crippen LogP contribution in [0.2, 0.25) is 0 Å². The average Bonchev–Trinajstić information content (AvgIpc) is 2.36. The van der Waals surface area contributed by atoms with Crippen molar-refractivity contribution in [2.24, 2.45) is 11.8 Å². The molecule has 1 unspecified atom stereocenters. The molecule has 0 aliphatic heterocycles. The van der Waals surface area contributed by atoms with Crippen molar-refractivity contribution in [3.8, 4) is 0 Å². The van der Waals surface area contributed by atoms with Gasteiger partial charge in [-0.3, -0.25) is 0 Å². The Kier molecular flexibility index (Phi) is 6.90. The Balaban J connectivity index is 2.08. The van der Waals surface area contributed by atoms with Crippen LogP contribution in [0.15, 0.2) is 30.3 Å². The maximum absolute atomic E-state index is 8.97. The van der Waals surface area contributed by atoms with E-state index in [1.165, 1.54) is 5.56 Å². The first-order valence-electron chi connectivity index (χ1n) is 6.45. The van der Waals surface area contributed by atoms with Crippen molar-refractivity contribution >= 4 is 0 Å². The molecule has 0 fully saturated rings. The third-order valence-corrected chi connectivity index (χ3v) is 2.98. The smallest absolute Gasteiger partial charge is 0.0716 e. The van der Waals surface area contributed by atoms with Gasteiger partial charge in [0.1, 0.15) is 0 Å². The fraction of sp³-hybridized carbons (Fsp3) is 0.600. The first kappa shape index (κ1) is 14.2. The zero-order valence-electron chi connectivity index (χ0n) is 10.9. The van der Waals surface area contributed by atoms with Crippen LogP contribution in [-0.2, 0) is 11.3 Å². The summed E-state index contributed by atoms with van der Waals surface area (Å²) in [5, 5.41) is 8.97. The highest BCUT2D eigenvalue weighted by Crippen LogP contribution is 2.14. The van der Waals surface area contributed by atoms with Crippen LogP contribution in [0.25, 0.3) is 0 Å². The van der Waals surface area contributed by atoms with Gasteiger partial charge in [0.25, 0.3) is 0 Å². The maximum Gasteiger partial charge on any atom is 0.0716 e. The second kappa shape index (κ2) is 8.26. The number of aliphatic hydroxyl groups excluding tert-OH is 1. The first-order chi connectivity index (χ1) is 8.22. The van der Waals surface area contributed by atoms with Crippen molar-refractivity contribution in [2.45, 2.75) is 33.3 Å². The van der Waals surface area contributed by atoms with Crippen molar-refractivity contribution < 1.29 is 9.84 Å². The normalized spacial score (nSPS) is 14.5. The SMILES string of the molecule is CC(CO)C[C@H](C)CCOCc1ccccc1. The topological polar surface area (TPSA) is 29.5 Å². The minimum Gasteiger partial charge on any atom is -0.396 e. The fourth-order valence-corrected chi connectivity index (χ4v) is 1.93. The Hall–Kier alpha value is -0.860. The molecule has 0 spiro atoms. The van der Waals surface area contributed by atoms with Gasteiger partial charge in [0.05, 0.1) is 6.61 Å². The van der Waals surface area contributed by atoms with Gasteiger partial charge in [0.15, 0.2) is 0 Å². The van der Waals surface area contributed by atoms with Crippen LogP contribution >= 0.6 is 0 Å². The Labute approximate surface area is 105 Å². The van der Waals surface area contributed by atoms with Gasteiger partial charge in [-0.2, -0.15) is 0 Å². The van der Waals surface area contributed by atoms with E-state index in [0.29, 0.717) is 18.4 Å². The minimum absolute atomic E-state index is 0.287. The standard InChI is InChI=1S/C15H24O2/c1-13(10-14(2)11-16)8-9-17-12-15-6-4-3-5-7-15/h3-7,13-14,16H,8-12H2,1-2H3/t13-,14?/m1/s1. The lowest BCUT2D eigenvalue weighted by Gasteiger charge is -2.15. The molecule has 1 aromatic rings. The van der Waals surface area contributed by atoms with E-state index in [4.69, 9.17) is 9.84 Å². The monoisotopic (exact) mass is 236 g/mol. The molecule has 0 aromatic heterocycles. The van der Waals surface area contributed by atoms with E-state index in [9.17, 15) is 0 Å². The van der Waals surface area contributed by atoms with Gasteiger partial charge in [-0.05, 0) is 30.2 Å². The molecule has 17 heavy (non-hydrogen) atoms. The molecule has 1 rings (SSSR count). The third-order valence-electron chi connectivity index (χ3n) is 2.98. The molecule has 0 aliphatic rings. The van der Waals surface area contributed by atoms with Gasteiger partial charge in [-0.15, -0.1) is 0 Å². The zero-order valence-corrected chi connectivity index (χ0v) is 10.9. The number of hydrogen-bond acceptors (Lipinski definition) is 2. The highest BCUT2D eigenvalue weighted by atomic mass is 16.5. The van der Waals surface area contributed by atoms with Crippen molar-refractivity contribution in [2.75, 3.05) is 13.2 Å². The molecule has 0 radical (unpaired) electrons. The summed E-state index contributed by atoms with van der Waals surface area (Å²) in [6.07, 6.45) is 2.14.